The van der Waals surface area contributed by atoms with Crippen LogP contribution in [0.1, 0.15) is 52.4 Å². The van der Waals surface area contributed by atoms with Crippen LogP contribution in [0.4, 0.5) is 0 Å². The van der Waals surface area contributed by atoms with Crippen LogP contribution >= 0.6 is 0 Å². The summed E-state index contributed by atoms with van der Waals surface area (Å²) in [4.78, 5) is 0. The molecule has 2 aliphatic rings. The summed E-state index contributed by atoms with van der Waals surface area (Å²) >= 11 is 0. The predicted octanol–water partition coefficient (Wildman–Crippen LogP) is 3.20. The monoisotopic (exact) mass is 195 g/mol. The van der Waals surface area contributed by atoms with E-state index in [1.165, 1.54) is 45.1 Å². The minimum Gasteiger partial charge on any atom is -0.314 e. The zero-order valence-corrected chi connectivity index (χ0v) is 9.76. The maximum atomic E-state index is 3.66. The Morgan fingerprint density at radius 1 is 1.07 bits per heavy atom. The third-order valence-corrected chi connectivity index (χ3v) is 4.35. The summed E-state index contributed by atoms with van der Waals surface area (Å²) in [6, 6.07) is 0.883. The van der Waals surface area contributed by atoms with Crippen molar-refractivity contribution in [3.8, 4) is 0 Å². The molecule has 14 heavy (non-hydrogen) atoms. The minimum absolute atomic E-state index is 0.874. The Labute approximate surface area is 88.7 Å². The molecular formula is C13H25N. The highest BCUT2D eigenvalue weighted by molar-refractivity contribution is 4.83. The summed E-state index contributed by atoms with van der Waals surface area (Å²) in [5, 5.41) is 3.66. The molecule has 1 nitrogen and oxygen atoms in total. The van der Waals surface area contributed by atoms with Crippen LogP contribution in [0.2, 0.25) is 0 Å². The maximum Gasteiger partial charge on any atom is 0.00683 e. The first-order chi connectivity index (χ1) is 6.77. The molecule has 0 aromatic carbocycles. The molecular weight excluding hydrogens is 170 g/mol. The highest BCUT2D eigenvalue weighted by Crippen LogP contribution is 2.35. The van der Waals surface area contributed by atoms with Gasteiger partial charge in [0, 0.05) is 6.04 Å². The van der Waals surface area contributed by atoms with Crippen LogP contribution in [-0.4, -0.2) is 12.6 Å². The summed E-state index contributed by atoms with van der Waals surface area (Å²) in [5.41, 5.74) is 0. The molecule has 1 N–H and O–H groups in total. The lowest BCUT2D eigenvalue weighted by atomic mass is 9.83. The quantitative estimate of drug-likeness (QED) is 0.710. The van der Waals surface area contributed by atoms with Gasteiger partial charge in [0.2, 0.25) is 0 Å². The number of rotatable bonds is 5. The van der Waals surface area contributed by atoms with Gasteiger partial charge >= 0.3 is 0 Å². The number of hydrogen-bond donors (Lipinski definition) is 1. The first-order valence-electron chi connectivity index (χ1n) is 6.50. The van der Waals surface area contributed by atoms with Gasteiger partial charge in [-0.25, -0.2) is 0 Å². The normalized spacial score (nSPS) is 27.9. The van der Waals surface area contributed by atoms with Crippen molar-refractivity contribution in [3.05, 3.63) is 0 Å². The smallest absolute Gasteiger partial charge is 0.00683 e. The average Bonchev–Trinajstić information content (AvgIpc) is 2.86. The summed E-state index contributed by atoms with van der Waals surface area (Å²) < 4.78 is 0. The molecule has 0 aromatic rings. The molecule has 2 unspecified atom stereocenters. The van der Waals surface area contributed by atoms with E-state index >= 15 is 0 Å². The fourth-order valence-electron chi connectivity index (χ4n) is 2.77. The van der Waals surface area contributed by atoms with Gasteiger partial charge in [0.1, 0.15) is 0 Å². The van der Waals surface area contributed by atoms with Gasteiger partial charge in [0.05, 0.1) is 0 Å². The van der Waals surface area contributed by atoms with Crippen LogP contribution < -0.4 is 5.32 Å². The van der Waals surface area contributed by atoms with Gasteiger partial charge in [-0.2, -0.15) is 0 Å². The van der Waals surface area contributed by atoms with Gasteiger partial charge in [0.25, 0.3) is 0 Å². The predicted molar refractivity (Wildman–Crippen MR) is 61.3 cm³/mol. The summed E-state index contributed by atoms with van der Waals surface area (Å²) in [6.45, 7) is 6.15. The Balaban J connectivity index is 1.68. The molecule has 0 spiro atoms. The van der Waals surface area contributed by atoms with Crippen LogP contribution in [-0.2, 0) is 0 Å². The van der Waals surface area contributed by atoms with Gasteiger partial charge in [-0.3, -0.25) is 0 Å². The van der Waals surface area contributed by atoms with E-state index in [0.717, 1.165) is 23.8 Å². The molecule has 1 heteroatoms. The van der Waals surface area contributed by atoms with Crippen molar-refractivity contribution in [2.24, 2.45) is 17.8 Å². The van der Waals surface area contributed by atoms with E-state index < -0.39 is 0 Å². The fourth-order valence-corrected chi connectivity index (χ4v) is 2.77. The molecule has 0 bridgehead atoms. The Bertz CT molecular complexity index is 168. The van der Waals surface area contributed by atoms with Gasteiger partial charge in [-0.1, -0.05) is 39.5 Å². The summed E-state index contributed by atoms with van der Waals surface area (Å²) in [5.74, 6) is 2.84. The first kappa shape index (κ1) is 10.5. The third kappa shape index (κ3) is 2.73. The van der Waals surface area contributed by atoms with E-state index in [-0.39, 0.29) is 0 Å². The van der Waals surface area contributed by atoms with Crippen LogP contribution in [0.5, 0.6) is 0 Å². The number of hydrogen-bond acceptors (Lipinski definition) is 1. The average molecular weight is 195 g/mol. The Kier molecular flexibility index (Phi) is 3.48. The van der Waals surface area contributed by atoms with Crippen LogP contribution in [0, 0.1) is 17.8 Å². The molecule has 82 valence electrons. The molecule has 2 aliphatic carbocycles. The highest BCUT2D eigenvalue weighted by atomic mass is 14.9. The molecule has 0 amide bonds. The van der Waals surface area contributed by atoms with Gasteiger partial charge < -0.3 is 5.32 Å². The second-order valence-electron chi connectivity index (χ2n) is 5.56. The largest absolute Gasteiger partial charge is 0.314 e. The van der Waals surface area contributed by atoms with Gasteiger partial charge in [0.15, 0.2) is 0 Å². The summed E-state index contributed by atoms with van der Waals surface area (Å²) in [7, 11) is 0. The van der Waals surface area contributed by atoms with E-state index in [1.54, 1.807) is 0 Å². The molecule has 0 heterocycles. The van der Waals surface area contributed by atoms with Crippen LogP contribution in [0.25, 0.3) is 0 Å². The van der Waals surface area contributed by atoms with Crippen molar-refractivity contribution < 1.29 is 0 Å². The second kappa shape index (κ2) is 4.65. The lowest BCUT2D eigenvalue weighted by Crippen LogP contribution is -2.29. The molecule has 0 saturated heterocycles. The van der Waals surface area contributed by atoms with E-state index in [0.29, 0.717) is 0 Å². The fraction of sp³-hybridized carbons (Fsp3) is 1.00. The molecule has 2 fully saturated rings. The van der Waals surface area contributed by atoms with E-state index in [4.69, 9.17) is 0 Å². The van der Waals surface area contributed by atoms with Gasteiger partial charge in [-0.05, 0) is 37.1 Å². The molecule has 2 rings (SSSR count). The van der Waals surface area contributed by atoms with E-state index in [9.17, 15) is 0 Å². The second-order valence-corrected chi connectivity index (χ2v) is 5.56. The zero-order chi connectivity index (χ0) is 9.97. The van der Waals surface area contributed by atoms with Crippen molar-refractivity contribution in [2.45, 2.75) is 58.4 Å². The third-order valence-electron chi connectivity index (χ3n) is 4.35. The number of nitrogens with one attached hydrogen (secondary N) is 1. The van der Waals surface area contributed by atoms with Crippen LogP contribution in [0.3, 0.4) is 0 Å². The Hall–Kier alpha value is -0.0400. The SMILES string of the molecule is CC(CNC1CC1)C(C)C1CCCC1. The zero-order valence-electron chi connectivity index (χ0n) is 9.76. The Morgan fingerprint density at radius 3 is 2.29 bits per heavy atom. The Morgan fingerprint density at radius 2 is 1.71 bits per heavy atom. The topological polar surface area (TPSA) is 12.0 Å². The van der Waals surface area contributed by atoms with E-state index in [2.05, 4.69) is 19.2 Å². The standard InChI is InChI=1S/C13H25N/c1-10(9-14-13-7-8-13)11(2)12-5-3-4-6-12/h10-14H,3-9H2,1-2H3. The molecule has 2 atom stereocenters. The summed E-state index contributed by atoms with van der Waals surface area (Å²) in [6.07, 6.45) is 8.80. The molecule has 0 aliphatic heterocycles. The molecule has 0 aromatic heterocycles. The highest BCUT2D eigenvalue weighted by Gasteiger charge is 2.27. The maximum absolute atomic E-state index is 3.66. The van der Waals surface area contributed by atoms with Crippen LogP contribution in [0.15, 0.2) is 0 Å². The van der Waals surface area contributed by atoms with Crippen molar-refractivity contribution in [2.75, 3.05) is 6.54 Å². The van der Waals surface area contributed by atoms with Crippen molar-refractivity contribution in [1.29, 1.82) is 0 Å². The molecule has 0 radical (unpaired) electrons. The lowest BCUT2D eigenvalue weighted by Gasteiger charge is -2.26. The molecule has 2 saturated carbocycles. The first-order valence-corrected chi connectivity index (χ1v) is 6.50. The van der Waals surface area contributed by atoms with Crippen molar-refractivity contribution in [1.82, 2.24) is 5.32 Å². The van der Waals surface area contributed by atoms with Crippen molar-refractivity contribution >= 4 is 0 Å². The minimum atomic E-state index is 0.874. The lowest BCUT2D eigenvalue weighted by molar-refractivity contribution is 0.258. The van der Waals surface area contributed by atoms with E-state index in [1.807, 2.05) is 0 Å². The van der Waals surface area contributed by atoms with Crippen molar-refractivity contribution in [3.63, 3.8) is 0 Å². The van der Waals surface area contributed by atoms with Gasteiger partial charge in [-0.15, -0.1) is 0 Å².